The predicted molar refractivity (Wildman–Crippen MR) is 127 cm³/mol. The third kappa shape index (κ3) is 7.69. The Morgan fingerprint density at radius 2 is 1.58 bits per heavy atom. The van der Waals surface area contributed by atoms with Gasteiger partial charge in [-0.3, -0.25) is 4.79 Å². The number of aryl methyl sites for hydroxylation is 3. The maximum Gasteiger partial charge on any atom is 0.278 e. The summed E-state index contributed by atoms with van der Waals surface area (Å²) >= 11 is 0. The maximum atomic E-state index is 13.1. The molecule has 0 saturated heterocycles. The molecule has 165 valence electrons. The van der Waals surface area contributed by atoms with Gasteiger partial charge in [-0.2, -0.15) is 5.10 Å². The zero-order valence-electron chi connectivity index (χ0n) is 19.7. The summed E-state index contributed by atoms with van der Waals surface area (Å²) in [6.45, 7) is 10.6. The fourth-order valence-corrected chi connectivity index (χ4v) is 3.26. The Bertz CT molecular complexity index is 982. The van der Waals surface area contributed by atoms with Crippen LogP contribution in [0.5, 0.6) is 5.75 Å². The van der Waals surface area contributed by atoms with Crippen molar-refractivity contribution < 1.29 is 37.8 Å². The second-order valence-corrected chi connectivity index (χ2v) is 7.35. The molecule has 0 saturated carbocycles. The van der Waals surface area contributed by atoms with E-state index in [9.17, 15) is 9.90 Å². The number of aromatic hydroxyl groups is 1. The fraction of sp³-hybridized carbons (Fsp3) is 0.346. The molecular weight excluding hydrogens is 461 g/mol. The Hall–Kier alpha value is -1.78. The molecule has 2 aromatic carbocycles. The summed E-state index contributed by atoms with van der Waals surface area (Å²) in [7, 11) is 0. The molecule has 0 unspecified atom stereocenters. The van der Waals surface area contributed by atoms with E-state index < -0.39 is 0 Å². The van der Waals surface area contributed by atoms with E-state index in [1.54, 1.807) is 0 Å². The van der Waals surface area contributed by atoms with Gasteiger partial charge < -0.3 is 12.5 Å². The smallest absolute Gasteiger partial charge is 0.278 e. The molecule has 5 heteroatoms. The number of rotatable bonds is 6. The molecule has 1 N–H and O–H groups in total. The number of hydrogen-bond donors (Lipinski definition) is 1. The van der Waals surface area contributed by atoms with E-state index in [1.807, 2.05) is 75.4 Å². The van der Waals surface area contributed by atoms with Gasteiger partial charge in [0, 0.05) is 39.3 Å². The third-order valence-corrected chi connectivity index (χ3v) is 4.67. The summed E-state index contributed by atoms with van der Waals surface area (Å²) in [5.74, 6) is 0.340. The SMILES string of the molecule is CC.Cc1ccccc1-c1c(O)c(CC(C)C)nn(CCc2ccccc2)c1=O.[CH3-].[Y]. The Morgan fingerprint density at radius 3 is 2.16 bits per heavy atom. The number of benzene rings is 2. The average Bonchev–Trinajstić information content (AvgIpc) is 2.72. The first-order chi connectivity index (χ1) is 14.0. The van der Waals surface area contributed by atoms with Crippen molar-refractivity contribution in [3.8, 4) is 16.9 Å². The monoisotopic (exact) mass is 496 g/mol. The van der Waals surface area contributed by atoms with Crippen molar-refractivity contribution in [2.75, 3.05) is 0 Å². The summed E-state index contributed by atoms with van der Waals surface area (Å²) in [5.41, 5.74) is 3.57. The molecule has 4 nitrogen and oxygen atoms in total. The van der Waals surface area contributed by atoms with Crippen LogP contribution in [0.3, 0.4) is 0 Å². The Balaban J connectivity index is 0.00000219. The normalized spacial score (nSPS) is 9.87. The zero-order valence-corrected chi connectivity index (χ0v) is 22.6. The van der Waals surface area contributed by atoms with Gasteiger partial charge in [-0.15, -0.1) is 0 Å². The molecule has 3 aromatic rings. The number of hydrogen-bond acceptors (Lipinski definition) is 3. The van der Waals surface area contributed by atoms with E-state index in [4.69, 9.17) is 0 Å². The molecule has 1 aromatic heterocycles. The molecule has 0 spiro atoms. The third-order valence-electron chi connectivity index (χ3n) is 4.67. The van der Waals surface area contributed by atoms with Crippen molar-refractivity contribution in [3.05, 3.63) is 89.2 Å². The van der Waals surface area contributed by atoms with E-state index in [0.717, 1.165) is 16.7 Å². The van der Waals surface area contributed by atoms with Crippen molar-refractivity contribution >= 4 is 0 Å². The van der Waals surface area contributed by atoms with Crippen molar-refractivity contribution in [1.29, 1.82) is 0 Å². The molecule has 0 atom stereocenters. The predicted octanol–water partition coefficient (Wildman–Crippen LogP) is 5.84. The van der Waals surface area contributed by atoms with Crippen molar-refractivity contribution in [1.82, 2.24) is 9.78 Å². The van der Waals surface area contributed by atoms with Gasteiger partial charge in [0.05, 0.1) is 5.56 Å². The standard InChI is InChI=1S/C23H26N2O2.C2H6.CH3.Y/c1-16(2)15-20-22(26)21(19-12-8-7-9-17(19)3)23(27)25(24-20)14-13-18-10-5-4-6-11-18;1-2;;/h4-12,16,26H,13-15H2,1-3H3;1-2H3;1H3;/q;;-1;. The molecule has 0 amide bonds. The Kier molecular flexibility index (Phi) is 13.5. The fourth-order valence-electron chi connectivity index (χ4n) is 3.26. The van der Waals surface area contributed by atoms with Gasteiger partial charge >= 0.3 is 0 Å². The summed E-state index contributed by atoms with van der Waals surface area (Å²) in [5, 5.41) is 15.3. The van der Waals surface area contributed by atoms with Crippen LogP contribution in [0.15, 0.2) is 59.4 Å². The van der Waals surface area contributed by atoms with E-state index in [2.05, 4.69) is 18.9 Å². The van der Waals surface area contributed by atoms with Crippen LogP contribution in [0.4, 0.5) is 0 Å². The van der Waals surface area contributed by atoms with Gasteiger partial charge in [0.15, 0.2) is 5.75 Å². The van der Waals surface area contributed by atoms with Crippen LogP contribution in [0, 0.1) is 20.3 Å². The molecule has 0 fully saturated rings. The van der Waals surface area contributed by atoms with Crippen molar-refractivity contribution in [2.45, 2.75) is 54.0 Å². The first kappa shape index (κ1) is 29.2. The summed E-state index contributed by atoms with van der Waals surface area (Å²) in [4.78, 5) is 13.1. The summed E-state index contributed by atoms with van der Waals surface area (Å²) < 4.78 is 1.51. The number of aromatic nitrogens is 2. The van der Waals surface area contributed by atoms with Crippen molar-refractivity contribution in [3.63, 3.8) is 0 Å². The summed E-state index contributed by atoms with van der Waals surface area (Å²) in [6, 6.07) is 17.7. The van der Waals surface area contributed by atoms with Crippen LogP contribution in [0.2, 0.25) is 0 Å². The first-order valence-corrected chi connectivity index (χ1v) is 10.4. The van der Waals surface area contributed by atoms with Crippen LogP contribution in [-0.4, -0.2) is 14.9 Å². The van der Waals surface area contributed by atoms with Gasteiger partial charge in [0.25, 0.3) is 5.56 Å². The van der Waals surface area contributed by atoms with Crippen molar-refractivity contribution in [2.24, 2.45) is 5.92 Å². The van der Waals surface area contributed by atoms with Gasteiger partial charge in [-0.05, 0) is 42.4 Å². The average molecular weight is 496 g/mol. The minimum absolute atomic E-state index is 0. The van der Waals surface area contributed by atoms with Gasteiger partial charge in [0.2, 0.25) is 0 Å². The van der Waals surface area contributed by atoms with E-state index >= 15 is 0 Å². The largest absolute Gasteiger partial charge is 0.505 e. The Morgan fingerprint density at radius 1 is 1.00 bits per heavy atom. The maximum absolute atomic E-state index is 13.1. The quantitative estimate of drug-likeness (QED) is 0.437. The van der Waals surface area contributed by atoms with Gasteiger partial charge in [0.1, 0.15) is 5.69 Å². The second kappa shape index (κ2) is 14.3. The first-order valence-electron chi connectivity index (χ1n) is 10.4. The molecule has 31 heavy (non-hydrogen) atoms. The van der Waals surface area contributed by atoms with Crippen LogP contribution in [0.1, 0.15) is 44.5 Å². The zero-order chi connectivity index (χ0) is 21.4. The molecule has 3 rings (SSSR count). The van der Waals surface area contributed by atoms with Gasteiger partial charge in [-0.1, -0.05) is 82.3 Å². The van der Waals surface area contributed by atoms with E-state index in [0.29, 0.717) is 36.6 Å². The topological polar surface area (TPSA) is 55.1 Å². The van der Waals surface area contributed by atoms with Crippen LogP contribution in [-0.2, 0) is 52.1 Å². The van der Waals surface area contributed by atoms with Crippen LogP contribution in [0.25, 0.3) is 11.1 Å². The minimum Gasteiger partial charge on any atom is -0.505 e. The van der Waals surface area contributed by atoms with Crippen LogP contribution >= 0.6 is 0 Å². The molecule has 0 aliphatic rings. The van der Waals surface area contributed by atoms with E-state index in [1.165, 1.54) is 4.68 Å². The van der Waals surface area contributed by atoms with Crippen LogP contribution < -0.4 is 5.56 Å². The molecule has 0 bridgehead atoms. The molecule has 0 aliphatic heterocycles. The minimum atomic E-state index is -0.245. The summed E-state index contributed by atoms with van der Waals surface area (Å²) in [6.07, 6.45) is 1.34. The van der Waals surface area contributed by atoms with Gasteiger partial charge in [-0.25, -0.2) is 4.68 Å². The number of nitrogens with zero attached hydrogens (tertiary/aromatic N) is 2. The van der Waals surface area contributed by atoms with E-state index in [-0.39, 0.29) is 51.4 Å². The molecule has 0 aliphatic carbocycles. The molecule has 1 heterocycles. The molecular formula is C26H35N2O2Y-. The molecule has 1 radical (unpaired) electrons. The second-order valence-electron chi connectivity index (χ2n) is 7.35. The Labute approximate surface area is 212 Å².